The van der Waals surface area contributed by atoms with Crippen LogP contribution >= 0.6 is 21.6 Å². The van der Waals surface area contributed by atoms with Crippen molar-refractivity contribution in [2.45, 2.75) is 29.9 Å². The zero-order valence-corrected chi connectivity index (χ0v) is 10.2. The van der Waals surface area contributed by atoms with Crippen molar-refractivity contribution >= 4 is 21.6 Å². The van der Waals surface area contributed by atoms with E-state index in [0.717, 1.165) is 6.42 Å². The average Bonchev–Trinajstić information content (AvgIpc) is 2.17. The summed E-state index contributed by atoms with van der Waals surface area (Å²) in [5.74, 6) is 0. The highest BCUT2D eigenvalue weighted by Gasteiger charge is 2.18. The van der Waals surface area contributed by atoms with Gasteiger partial charge in [0.15, 0.2) is 0 Å². The van der Waals surface area contributed by atoms with Crippen molar-refractivity contribution in [3.63, 3.8) is 0 Å². The standard InChI is InChI=1S/C11H16OS2/c1-11(2,8-9-12)14-13-10-6-4-3-5-7-10/h3-7,12H,8-9H2,1-2H3. The van der Waals surface area contributed by atoms with E-state index in [2.05, 4.69) is 26.0 Å². The van der Waals surface area contributed by atoms with Gasteiger partial charge in [0.1, 0.15) is 0 Å². The summed E-state index contributed by atoms with van der Waals surface area (Å²) in [6.45, 7) is 4.57. The van der Waals surface area contributed by atoms with Crippen LogP contribution in [0, 0.1) is 0 Å². The predicted octanol–water partition coefficient (Wildman–Crippen LogP) is 3.59. The van der Waals surface area contributed by atoms with Crippen molar-refractivity contribution < 1.29 is 5.11 Å². The van der Waals surface area contributed by atoms with Crippen LogP contribution in [0.25, 0.3) is 0 Å². The second-order valence-electron chi connectivity index (χ2n) is 3.71. The molecule has 1 rings (SSSR count). The first-order chi connectivity index (χ1) is 6.64. The minimum atomic E-state index is 0.134. The van der Waals surface area contributed by atoms with E-state index in [1.807, 2.05) is 29.0 Å². The summed E-state index contributed by atoms with van der Waals surface area (Å²) in [7, 11) is 3.59. The lowest BCUT2D eigenvalue weighted by Crippen LogP contribution is -2.14. The molecule has 0 spiro atoms. The molecule has 0 unspecified atom stereocenters. The van der Waals surface area contributed by atoms with Gasteiger partial charge in [-0.2, -0.15) is 0 Å². The zero-order valence-electron chi connectivity index (χ0n) is 8.56. The Hall–Kier alpha value is -0.120. The lowest BCUT2D eigenvalue weighted by atomic mass is 10.1. The van der Waals surface area contributed by atoms with Crippen LogP contribution in [0.3, 0.4) is 0 Å². The molecule has 0 amide bonds. The molecule has 3 heteroatoms. The Morgan fingerprint density at radius 2 is 1.86 bits per heavy atom. The first kappa shape index (κ1) is 12.0. The second-order valence-corrected chi connectivity index (χ2v) is 6.62. The number of hydrogen-bond donors (Lipinski definition) is 1. The lowest BCUT2D eigenvalue weighted by Gasteiger charge is -2.21. The predicted molar refractivity (Wildman–Crippen MR) is 65.7 cm³/mol. The van der Waals surface area contributed by atoms with Crippen molar-refractivity contribution in [2.75, 3.05) is 6.61 Å². The second kappa shape index (κ2) is 5.69. The maximum absolute atomic E-state index is 8.88. The largest absolute Gasteiger partial charge is 0.396 e. The Balaban J connectivity index is 2.40. The van der Waals surface area contributed by atoms with E-state index < -0.39 is 0 Å². The van der Waals surface area contributed by atoms with Gasteiger partial charge in [0, 0.05) is 16.2 Å². The van der Waals surface area contributed by atoms with Gasteiger partial charge in [0.25, 0.3) is 0 Å². The van der Waals surface area contributed by atoms with Crippen molar-refractivity contribution in [3.8, 4) is 0 Å². The molecule has 0 saturated carbocycles. The first-order valence-corrected chi connectivity index (χ1v) is 6.81. The van der Waals surface area contributed by atoms with E-state index >= 15 is 0 Å². The molecule has 0 aromatic heterocycles. The van der Waals surface area contributed by atoms with Crippen LogP contribution in [-0.2, 0) is 0 Å². The van der Waals surface area contributed by atoms with Gasteiger partial charge in [-0.25, -0.2) is 0 Å². The summed E-state index contributed by atoms with van der Waals surface area (Å²) in [5.41, 5.74) is 0. The van der Waals surface area contributed by atoms with Crippen LogP contribution in [0.1, 0.15) is 20.3 Å². The van der Waals surface area contributed by atoms with Gasteiger partial charge in [-0.15, -0.1) is 0 Å². The lowest BCUT2D eigenvalue weighted by molar-refractivity contribution is 0.275. The van der Waals surface area contributed by atoms with E-state index in [0.29, 0.717) is 0 Å². The van der Waals surface area contributed by atoms with Crippen LogP contribution in [0.2, 0.25) is 0 Å². The Morgan fingerprint density at radius 3 is 2.43 bits per heavy atom. The van der Waals surface area contributed by atoms with Gasteiger partial charge in [-0.1, -0.05) is 39.8 Å². The van der Waals surface area contributed by atoms with Gasteiger partial charge < -0.3 is 5.11 Å². The summed E-state index contributed by atoms with van der Waals surface area (Å²) >= 11 is 0. The molecule has 0 bridgehead atoms. The highest BCUT2D eigenvalue weighted by atomic mass is 33.1. The van der Waals surface area contributed by atoms with Gasteiger partial charge >= 0.3 is 0 Å². The number of aliphatic hydroxyl groups is 1. The van der Waals surface area contributed by atoms with Crippen molar-refractivity contribution in [1.82, 2.24) is 0 Å². The third-order valence-corrected chi connectivity index (χ3v) is 5.20. The van der Waals surface area contributed by atoms with E-state index in [1.54, 1.807) is 10.8 Å². The molecule has 0 radical (unpaired) electrons. The molecule has 0 saturated heterocycles. The Kier molecular flexibility index (Phi) is 4.85. The van der Waals surface area contributed by atoms with Crippen LogP contribution in [0.5, 0.6) is 0 Å². The number of aliphatic hydroxyl groups excluding tert-OH is 1. The van der Waals surface area contributed by atoms with E-state index in [9.17, 15) is 0 Å². The Bertz CT molecular complexity index is 259. The summed E-state index contributed by atoms with van der Waals surface area (Å²) < 4.78 is 0.134. The molecule has 0 aliphatic rings. The molecule has 0 aliphatic heterocycles. The quantitative estimate of drug-likeness (QED) is 0.778. The van der Waals surface area contributed by atoms with Crippen molar-refractivity contribution in [3.05, 3.63) is 30.3 Å². The number of rotatable bonds is 5. The van der Waals surface area contributed by atoms with E-state index in [1.165, 1.54) is 4.90 Å². The number of hydrogen-bond acceptors (Lipinski definition) is 3. The molecule has 1 nitrogen and oxygen atoms in total. The molecule has 1 aromatic rings. The highest BCUT2D eigenvalue weighted by molar-refractivity contribution is 8.77. The fraction of sp³-hybridized carbons (Fsp3) is 0.455. The molecule has 0 aliphatic carbocycles. The smallest absolute Gasteiger partial charge is 0.0444 e. The van der Waals surface area contributed by atoms with Crippen molar-refractivity contribution in [1.29, 1.82) is 0 Å². The summed E-state index contributed by atoms with van der Waals surface area (Å²) in [4.78, 5) is 1.27. The first-order valence-electron chi connectivity index (χ1n) is 4.66. The molecule has 1 N–H and O–H groups in total. The molecule has 14 heavy (non-hydrogen) atoms. The Morgan fingerprint density at radius 1 is 1.21 bits per heavy atom. The SMILES string of the molecule is CC(C)(CCO)SSc1ccccc1. The maximum atomic E-state index is 8.88. The monoisotopic (exact) mass is 228 g/mol. The van der Waals surface area contributed by atoms with Crippen molar-refractivity contribution in [2.24, 2.45) is 0 Å². The summed E-state index contributed by atoms with van der Waals surface area (Å²) in [5, 5.41) is 8.88. The van der Waals surface area contributed by atoms with E-state index in [-0.39, 0.29) is 11.4 Å². The summed E-state index contributed by atoms with van der Waals surface area (Å²) in [6, 6.07) is 10.3. The van der Waals surface area contributed by atoms with Crippen LogP contribution < -0.4 is 0 Å². The van der Waals surface area contributed by atoms with Gasteiger partial charge in [-0.05, 0) is 32.4 Å². The molecule has 0 heterocycles. The normalized spacial score (nSPS) is 11.6. The Labute approximate surface area is 93.7 Å². The molecule has 0 atom stereocenters. The zero-order chi connectivity index (χ0) is 10.4. The minimum Gasteiger partial charge on any atom is -0.396 e. The van der Waals surface area contributed by atoms with Crippen LogP contribution in [0.4, 0.5) is 0 Å². The van der Waals surface area contributed by atoms with Gasteiger partial charge in [-0.3, -0.25) is 0 Å². The fourth-order valence-corrected chi connectivity index (χ4v) is 3.26. The van der Waals surface area contributed by atoms with Crippen LogP contribution in [0.15, 0.2) is 35.2 Å². The highest BCUT2D eigenvalue weighted by Crippen LogP contribution is 2.42. The topological polar surface area (TPSA) is 20.2 Å². The minimum absolute atomic E-state index is 0.134. The van der Waals surface area contributed by atoms with Gasteiger partial charge in [0.05, 0.1) is 0 Å². The fourth-order valence-electron chi connectivity index (χ4n) is 0.948. The van der Waals surface area contributed by atoms with E-state index in [4.69, 9.17) is 5.11 Å². The average molecular weight is 228 g/mol. The molecule has 0 fully saturated rings. The number of benzene rings is 1. The van der Waals surface area contributed by atoms with Crippen LogP contribution in [-0.4, -0.2) is 16.5 Å². The molecular weight excluding hydrogens is 212 g/mol. The van der Waals surface area contributed by atoms with Gasteiger partial charge in [0.2, 0.25) is 0 Å². The third kappa shape index (κ3) is 4.40. The molecule has 1 aromatic carbocycles. The molecule has 78 valence electrons. The summed E-state index contributed by atoms with van der Waals surface area (Å²) in [6.07, 6.45) is 0.831. The maximum Gasteiger partial charge on any atom is 0.0444 e. The third-order valence-electron chi connectivity index (χ3n) is 1.82. The molecular formula is C11H16OS2.